The molecule has 0 aromatic carbocycles. The van der Waals surface area contributed by atoms with Crippen LogP contribution in [0.1, 0.15) is 23.5 Å². The van der Waals surface area contributed by atoms with Gasteiger partial charge in [-0.25, -0.2) is 0 Å². The zero-order valence-electron chi connectivity index (χ0n) is 13.8. The summed E-state index contributed by atoms with van der Waals surface area (Å²) in [6.45, 7) is 3.29. The van der Waals surface area contributed by atoms with Crippen LogP contribution in [0.15, 0.2) is 16.3 Å². The zero-order chi connectivity index (χ0) is 18.8. The molecule has 1 heterocycles. The van der Waals surface area contributed by atoms with E-state index in [0.29, 0.717) is 26.1 Å². The second-order valence-corrected chi connectivity index (χ2v) is 9.68. The molecule has 133 valence electrons. The fourth-order valence-corrected chi connectivity index (χ4v) is 5.37. The summed E-state index contributed by atoms with van der Waals surface area (Å²) < 4.78 is 37.6. The average molecular weight is 567 g/mol. The van der Waals surface area contributed by atoms with Crippen molar-refractivity contribution in [2.45, 2.75) is 28.1 Å². The number of carbonyl (C=O) groups excluding carboxylic acids is 1. The van der Waals surface area contributed by atoms with Gasteiger partial charge >= 0.3 is 139 Å². The summed E-state index contributed by atoms with van der Waals surface area (Å²) in [5, 5.41) is 7.42. The number of esters is 1. The Morgan fingerprint density at radius 3 is 2.46 bits per heavy atom. The van der Waals surface area contributed by atoms with Crippen molar-refractivity contribution in [3.05, 3.63) is 17.0 Å². The fraction of sp³-hybridized carbons (Fsp3) is 0.538. The molecule has 0 aliphatic rings. The maximum absolute atomic E-state index is 12.1. The van der Waals surface area contributed by atoms with E-state index in [1.165, 1.54) is 12.1 Å². The van der Waals surface area contributed by atoms with Gasteiger partial charge in [0, 0.05) is 6.92 Å². The van der Waals surface area contributed by atoms with Gasteiger partial charge in [0.25, 0.3) is 5.97 Å². The van der Waals surface area contributed by atoms with Crippen LogP contribution in [0.25, 0.3) is 0 Å². The zero-order valence-corrected chi connectivity index (χ0v) is 20.9. The third kappa shape index (κ3) is 9.07. The van der Waals surface area contributed by atoms with Crippen LogP contribution in [0.3, 0.4) is 0 Å². The molecule has 0 aliphatic heterocycles. The number of methoxy groups -OCH3 is 1. The molecule has 0 bridgehead atoms. The van der Waals surface area contributed by atoms with Crippen molar-refractivity contribution >= 4 is 33.3 Å². The Morgan fingerprint density at radius 1 is 1.42 bits per heavy atom. The van der Waals surface area contributed by atoms with Crippen molar-refractivity contribution in [2.24, 2.45) is 0 Å². The average Bonchev–Trinajstić information content (AvgIpc) is 2.98. The predicted octanol–water partition coefficient (Wildman–Crippen LogP) is 1.27. The van der Waals surface area contributed by atoms with Gasteiger partial charge in [-0.1, -0.05) is 0 Å². The molecule has 11 heteroatoms. The van der Waals surface area contributed by atoms with E-state index >= 15 is 0 Å². The second kappa shape index (κ2) is 11.9. The molecule has 1 aromatic rings. The molecule has 0 spiro atoms. The van der Waals surface area contributed by atoms with Crippen LogP contribution in [0.4, 0.5) is 0 Å². The molecule has 0 saturated heterocycles. The number of aliphatic carboxylic acids is 1. The number of carboxylic acids is 1. The number of nitrogens with one attached hydrogen (secondary N) is 1. The van der Waals surface area contributed by atoms with Gasteiger partial charge in [-0.15, -0.1) is 0 Å². The Kier molecular flexibility index (Phi) is 11.6. The van der Waals surface area contributed by atoms with E-state index in [-0.39, 0.29) is 28.3 Å². The summed E-state index contributed by atoms with van der Waals surface area (Å²) in [5.41, 5.74) is 0. The number of carbonyl (C=O) groups is 2. The number of hydrogen-bond donors (Lipinski definition) is 2. The molecule has 1 unspecified atom stereocenters. The first-order valence-corrected chi connectivity index (χ1v) is 13.1. The number of ether oxygens (including phenoxy) is 2. The maximum atomic E-state index is 12.1. The van der Waals surface area contributed by atoms with Crippen molar-refractivity contribution in [1.29, 1.82) is 0 Å². The summed E-state index contributed by atoms with van der Waals surface area (Å²) in [6, 6.07) is 2.87. The van der Waals surface area contributed by atoms with E-state index in [0.717, 1.165) is 22.2 Å². The van der Waals surface area contributed by atoms with Gasteiger partial charge in [-0.05, 0) is 0 Å². The summed E-state index contributed by atoms with van der Waals surface area (Å²) in [4.78, 5) is 20.8. The van der Waals surface area contributed by atoms with Crippen molar-refractivity contribution in [3.8, 4) is 0 Å². The summed E-state index contributed by atoms with van der Waals surface area (Å²) in [5.74, 6) is -1.34. The molecule has 0 amide bonds. The molecule has 0 fully saturated rings. The first-order valence-electron chi connectivity index (χ1n) is 6.96. The topological polar surface area (TPSA) is 119 Å². The molecule has 0 aliphatic carbocycles. The van der Waals surface area contributed by atoms with Crippen LogP contribution in [0.2, 0.25) is 3.93 Å². The second-order valence-electron chi connectivity index (χ2n) is 4.36. The molecular weight excluding hydrogens is 547 g/mol. The molecular formula is C13H20HgNO7S2. The van der Waals surface area contributed by atoms with E-state index < -0.39 is 22.0 Å². The molecule has 2 N–H and O–H groups in total. The molecule has 24 heavy (non-hydrogen) atoms. The van der Waals surface area contributed by atoms with Crippen molar-refractivity contribution < 1.29 is 58.7 Å². The number of thiophene rings is 1. The van der Waals surface area contributed by atoms with Gasteiger partial charge in [0.05, 0.1) is 0 Å². The Bertz CT molecular complexity index is 622. The summed E-state index contributed by atoms with van der Waals surface area (Å²) in [6.07, 6.45) is -0.0856. The quantitative estimate of drug-likeness (QED) is 0.359. The van der Waals surface area contributed by atoms with Crippen LogP contribution in [-0.4, -0.2) is 51.8 Å². The van der Waals surface area contributed by atoms with Gasteiger partial charge in [0.15, 0.2) is 0 Å². The van der Waals surface area contributed by atoms with Crippen LogP contribution in [0.5, 0.6) is 0 Å². The minimum absolute atomic E-state index is 0.0856. The number of sulfonamides is 1. The van der Waals surface area contributed by atoms with Crippen LogP contribution >= 0.6 is 11.3 Å². The van der Waals surface area contributed by atoms with Crippen LogP contribution < -0.4 is 4.72 Å². The van der Waals surface area contributed by atoms with E-state index in [1.807, 2.05) is 0 Å². The normalized spacial score (nSPS) is 12.0. The van der Waals surface area contributed by atoms with Gasteiger partial charge < -0.3 is 5.11 Å². The van der Waals surface area contributed by atoms with Gasteiger partial charge in [0.2, 0.25) is 0 Å². The number of carboxylic acid groups (broad SMARTS) is 1. The van der Waals surface area contributed by atoms with Crippen molar-refractivity contribution in [3.63, 3.8) is 0 Å². The molecule has 0 radical (unpaired) electrons. The Hall–Kier alpha value is -0.555. The van der Waals surface area contributed by atoms with Crippen LogP contribution in [-0.2, 0) is 50.4 Å². The Balaban J connectivity index is 0.00000118. The number of rotatable bonds is 8. The molecule has 0 saturated carbocycles. The van der Waals surface area contributed by atoms with Gasteiger partial charge in [-0.3, -0.25) is 4.79 Å². The monoisotopic (exact) mass is 568 g/mol. The van der Waals surface area contributed by atoms with Crippen LogP contribution in [0, 0.1) is 0 Å². The van der Waals surface area contributed by atoms with E-state index in [4.69, 9.17) is 19.4 Å². The third-order valence-electron chi connectivity index (χ3n) is 2.48. The first-order chi connectivity index (χ1) is 11.2. The molecule has 1 atom stereocenters. The summed E-state index contributed by atoms with van der Waals surface area (Å²) in [7, 11) is -2.04. The third-order valence-corrected chi connectivity index (χ3v) is 7.96. The van der Waals surface area contributed by atoms with E-state index in [1.54, 1.807) is 14.0 Å². The van der Waals surface area contributed by atoms with Crippen molar-refractivity contribution in [2.75, 3.05) is 20.3 Å². The predicted molar refractivity (Wildman–Crippen MR) is 84.4 cm³/mol. The van der Waals surface area contributed by atoms with E-state index in [2.05, 4.69) is 4.72 Å². The molecule has 1 aromatic heterocycles. The standard InChI is InChI=1S/C11H16NO5S2.C2H4O2.Hg/c1-4-17-11(13)9-5-6-10(18-9)19(14,15)12-7-8(2)16-3;1-2(3)4;/h5-6,8,12H,2,4,7H2,1,3H3;1H3,(H,3,4);. The van der Waals surface area contributed by atoms with Crippen molar-refractivity contribution in [1.82, 2.24) is 4.72 Å². The minimum atomic E-state index is -3.60. The van der Waals surface area contributed by atoms with Gasteiger partial charge in [0.1, 0.15) is 0 Å². The van der Waals surface area contributed by atoms with E-state index in [9.17, 15) is 13.2 Å². The first kappa shape index (κ1) is 23.4. The fourth-order valence-electron chi connectivity index (χ4n) is 1.35. The van der Waals surface area contributed by atoms with Gasteiger partial charge in [-0.2, -0.15) is 0 Å². The Morgan fingerprint density at radius 2 is 2.00 bits per heavy atom. The number of hydrogen-bond acceptors (Lipinski definition) is 7. The Labute approximate surface area is 161 Å². The molecule has 8 nitrogen and oxygen atoms in total. The SMILES string of the molecule is CC(=O)O.CCOC(=O)c1ccc(S(=O)(=O)NCC([CH2][Hg])OC)s1. The summed E-state index contributed by atoms with van der Waals surface area (Å²) >= 11 is 1.45. The molecule has 1 rings (SSSR count).